The van der Waals surface area contributed by atoms with Crippen LogP contribution >= 0.6 is 7.82 Å². The molecule has 9 heteroatoms. The molecule has 0 aliphatic heterocycles. The first kappa shape index (κ1) is 72.4. The highest BCUT2D eigenvalue weighted by atomic mass is 31.2. The molecule has 3 atom stereocenters. The first-order valence-electron chi connectivity index (χ1n) is 31.1. The molecule has 0 aliphatic rings. The second-order valence-electron chi connectivity index (χ2n) is 22.0. The van der Waals surface area contributed by atoms with Gasteiger partial charge >= 0.3 is 0 Å². The number of phosphoric acid groups is 1. The Morgan fingerprint density at radius 1 is 0.480 bits per heavy atom. The van der Waals surface area contributed by atoms with E-state index in [9.17, 15) is 19.4 Å². The van der Waals surface area contributed by atoms with Crippen LogP contribution in [0.5, 0.6) is 0 Å². The van der Waals surface area contributed by atoms with E-state index in [0.717, 1.165) is 77.0 Å². The Kier molecular flexibility index (Phi) is 54.2. The van der Waals surface area contributed by atoms with Gasteiger partial charge in [0, 0.05) is 6.42 Å². The van der Waals surface area contributed by atoms with Crippen LogP contribution in [0.25, 0.3) is 0 Å². The molecule has 0 radical (unpaired) electrons. The lowest BCUT2D eigenvalue weighted by Crippen LogP contribution is -2.45. The maximum atomic E-state index is 13.0. The number of aliphatic hydroxyl groups is 1. The SMILES string of the molecule is CC/C=C\C/C=C\C/C=C\C/C=C\C/C=C\CCCCCCCCCCCCCCCCCCCCCCCC(=O)NC(COP(=O)([O-])OCC[N+](C)(C)C)C(O)/C=C/CC/C=C/CC/C=C/CCCCCCCC. The third-order valence-electron chi connectivity index (χ3n) is 13.5. The molecule has 0 saturated heterocycles. The zero-order chi connectivity index (χ0) is 54.9. The summed E-state index contributed by atoms with van der Waals surface area (Å²) in [6.07, 6.45) is 80.8. The minimum atomic E-state index is -4.61. The number of nitrogens with zero attached hydrogens (tertiary/aromatic N) is 1. The van der Waals surface area contributed by atoms with E-state index in [2.05, 4.69) is 104 Å². The van der Waals surface area contributed by atoms with Crippen molar-refractivity contribution in [3.63, 3.8) is 0 Å². The van der Waals surface area contributed by atoms with E-state index in [1.807, 2.05) is 27.2 Å². The van der Waals surface area contributed by atoms with Crippen molar-refractivity contribution >= 4 is 13.7 Å². The Balaban J connectivity index is 4.03. The van der Waals surface area contributed by atoms with Crippen LogP contribution < -0.4 is 10.2 Å². The number of phosphoric ester groups is 1. The number of likely N-dealkylation sites (N-methyl/N-ethyl adjacent to an activating group) is 1. The van der Waals surface area contributed by atoms with Crippen molar-refractivity contribution in [2.75, 3.05) is 40.9 Å². The molecule has 434 valence electrons. The maximum absolute atomic E-state index is 13.0. The maximum Gasteiger partial charge on any atom is 0.268 e. The van der Waals surface area contributed by atoms with Crippen LogP contribution in [0.4, 0.5) is 0 Å². The van der Waals surface area contributed by atoms with Crippen LogP contribution in [-0.2, 0) is 18.4 Å². The van der Waals surface area contributed by atoms with Crippen LogP contribution in [0.1, 0.15) is 264 Å². The average Bonchev–Trinajstić information content (AvgIpc) is 3.37. The summed E-state index contributed by atoms with van der Waals surface area (Å²) in [7, 11) is 1.23. The van der Waals surface area contributed by atoms with Gasteiger partial charge in [-0.05, 0) is 89.9 Å². The third-order valence-corrected chi connectivity index (χ3v) is 14.5. The van der Waals surface area contributed by atoms with Gasteiger partial charge in [0.2, 0.25) is 5.91 Å². The molecule has 1 amide bonds. The molecule has 0 heterocycles. The monoisotopic (exact) mass is 1070 g/mol. The highest BCUT2D eigenvalue weighted by Gasteiger charge is 2.23. The quantitative estimate of drug-likeness (QED) is 0.0272. The smallest absolute Gasteiger partial charge is 0.268 e. The van der Waals surface area contributed by atoms with Crippen LogP contribution in [0.15, 0.2) is 97.2 Å². The van der Waals surface area contributed by atoms with Gasteiger partial charge in [0.25, 0.3) is 7.82 Å². The number of rotatable bonds is 56. The number of nitrogens with one attached hydrogen (secondary N) is 1. The van der Waals surface area contributed by atoms with Gasteiger partial charge in [0.1, 0.15) is 13.2 Å². The second kappa shape index (κ2) is 56.2. The summed E-state index contributed by atoms with van der Waals surface area (Å²) >= 11 is 0. The summed E-state index contributed by atoms with van der Waals surface area (Å²) in [5, 5.41) is 13.9. The van der Waals surface area contributed by atoms with Crippen molar-refractivity contribution in [2.45, 2.75) is 276 Å². The average molecular weight is 1070 g/mol. The largest absolute Gasteiger partial charge is 0.756 e. The number of hydrogen-bond acceptors (Lipinski definition) is 6. The lowest BCUT2D eigenvalue weighted by Gasteiger charge is -2.29. The number of hydrogen-bond donors (Lipinski definition) is 2. The fourth-order valence-electron chi connectivity index (χ4n) is 8.68. The van der Waals surface area contributed by atoms with Crippen LogP contribution in [0, 0.1) is 0 Å². The van der Waals surface area contributed by atoms with E-state index >= 15 is 0 Å². The van der Waals surface area contributed by atoms with Gasteiger partial charge in [0.05, 0.1) is 39.9 Å². The number of allylic oxidation sites excluding steroid dienone is 15. The molecule has 75 heavy (non-hydrogen) atoms. The summed E-state index contributed by atoms with van der Waals surface area (Å²) in [5.74, 6) is -0.211. The molecule has 0 rings (SSSR count). The topological polar surface area (TPSA) is 108 Å². The zero-order valence-corrected chi connectivity index (χ0v) is 50.4. The van der Waals surface area contributed by atoms with Gasteiger partial charge < -0.3 is 28.8 Å². The van der Waals surface area contributed by atoms with Crippen molar-refractivity contribution in [3.05, 3.63) is 97.2 Å². The van der Waals surface area contributed by atoms with E-state index < -0.39 is 26.6 Å². The van der Waals surface area contributed by atoms with Crippen molar-refractivity contribution in [1.29, 1.82) is 0 Å². The molecule has 0 spiro atoms. The molecular weight excluding hydrogens is 948 g/mol. The third kappa shape index (κ3) is 58.9. The molecule has 0 fully saturated rings. The molecule has 0 bridgehead atoms. The van der Waals surface area contributed by atoms with Gasteiger partial charge in [-0.3, -0.25) is 9.36 Å². The number of quaternary nitrogens is 1. The summed E-state index contributed by atoms with van der Waals surface area (Å²) in [4.78, 5) is 25.5. The van der Waals surface area contributed by atoms with Gasteiger partial charge in [-0.15, -0.1) is 0 Å². The molecule has 0 aromatic rings. The highest BCUT2D eigenvalue weighted by Crippen LogP contribution is 2.38. The highest BCUT2D eigenvalue weighted by molar-refractivity contribution is 7.45. The fourth-order valence-corrected chi connectivity index (χ4v) is 9.41. The molecule has 2 N–H and O–H groups in total. The number of amides is 1. The number of carbonyl (C=O) groups excluding carboxylic acids is 1. The lowest BCUT2D eigenvalue weighted by molar-refractivity contribution is -0.870. The molecule has 0 saturated carbocycles. The fraction of sp³-hybridized carbons (Fsp3) is 0.742. The summed E-state index contributed by atoms with van der Waals surface area (Å²) < 4.78 is 23.3. The molecule has 3 unspecified atom stereocenters. The minimum absolute atomic E-state index is 0.0109. The van der Waals surface area contributed by atoms with Crippen molar-refractivity contribution in [3.8, 4) is 0 Å². The first-order valence-corrected chi connectivity index (χ1v) is 32.6. The molecule has 0 aromatic carbocycles. The number of carbonyl (C=O) groups is 1. The molecule has 0 aliphatic carbocycles. The molecular formula is C66H119N2O6P. The Labute approximate surface area is 464 Å². The predicted molar refractivity (Wildman–Crippen MR) is 325 cm³/mol. The van der Waals surface area contributed by atoms with Crippen molar-refractivity contribution in [1.82, 2.24) is 5.32 Å². The van der Waals surface area contributed by atoms with Gasteiger partial charge in [0.15, 0.2) is 0 Å². The van der Waals surface area contributed by atoms with Crippen LogP contribution in [-0.4, -0.2) is 68.5 Å². The number of unbranched alkanes of at least 4 members (excludes halogenated alkanes) is 29. The summed E-state index contributed by atoms with van der Waals surface area (Å²) in [6.45, 7) is 4.50. The molecule has 8 nitrogen and oxygen atoms in total. The van der Waals surface area contributed by atoms with Crippen LogP contribution in [0.3, 0.4) is 0 Å². The summed E-state index contributed by atoms with van der Waals surface area (Å²) in [5.41, 5.74) is 0. The van der Waals surface area contributed by atoms with E-state index in [-0.39, 0.29) is 12.5 Å². The number of aliphatic hydroxyl groups excluding tert-OH is 1. The Hall–Kier alpha value is -2.58. The Morgan fingerprint density at radius 3 is 1.24 bits per heavy atom. The molecule has 0 aromatic heterocycles. The summed E-state index contributed by atoms with van der Waals surface area (Å²) in [6, 6.07) is -0.913. The predicted octanol–water partition coefficient (Wildman–Crippen LogP) is 18.7. The van der Waals surface area contributed by atoms with E-state index in [1.54, 1.807) is 6.08 Å². The lowest BCUT2D eigenvalue weighted by atomic mass is 10.0. The van der Waals surface area contributed by atoms with E-state index in [0.29, 0.717) is 17.4 Å². The Bertz CT molecular complexity index is 1540. The standard InChI is InChI=1S/C66H119N2O6P/c1-6-8-10-12-14-16-18-20-22-24-25-26-27-28-29-30-31-32-33-34-35-36-37-38-39-40-41-42-43-44-46-48-50-52-54-56-58-60-66(70)67-64(63-74-75(71,72)73-62-61-68(3,4)5)65(69)59-57-55-53-51-49-47-45-23-21-19-17-15-13-11-9-7-2/h8,10,14,16,20-23,25-26,28-29,49,51,57,59,64-65,69H,6-7,9,11-13,15,17-19,24,27,30-48,50,52-56,58,60-63H2,1-5H3,(H-,67,70,71,72)/b10-8-,16-14-,22-20-,23-21+,26-25-,29-28-,51-49+,59-57+. The van der Waals surface area contributed by atoms with Crippen LogP contribution in [0.2, 0.25) is 0 Å². The van der Waals surface area contributed by atoms with E-state index in [1.165, 1.54) is 167 Å². The normalized spacial score (nSPS) is 14.5. The zero-order valence-electron chi connectivity index (χ0n) is 49.5. The van der Waals surface area contributed by atoms with Crippen molar-refractivity contribution < 1.29 is 32.9 Å². The second-order valence-corrected chi connectivity index (χ2v) is 23.4. The van der Waals surface area contributed by atoms with Crippen molar-refractivity contribution in [2.24, 2.45) is 0 Å². The van der Waals surface area contributed by atoms with Gasteiger partial charge in [-0.2, -0.15) is 0 Å². The van der Waals surface area contributed by atoms with Gasteiger partial charge in [-0.1, -0.05) is 265 Å². The van der Waals surface area contributed by atoms with Gasteiger partial charge in [-0.25, -0.2) is 0 Å². The minimum Gasteiger partial charge on any atom is -0.756 e. The van der Waals surface area contributed by atoms with E-state index in [4.69, 9.17) is 9.05 Å². The Morgan fingerprint density at radius 2 is 0.827 bits per heavy atom. The first-order chi connectivity index (χ1) is 36.5.